The van der Waals surface area contributed by atoms with Crippen LogP contribution in [0.25, 0.3) is 5.69 Å². The molecule has 0 aliphatic carbocycles. The molecule has 0 atom stereocenters. The Kier molecular flexibility index (Phi) is 5.30. The van der Waals surface area contributed by atoms with Gasteiger partial charge in [0.2, 0.25) is 5.91 Å². The maximum absolute atomic E-state index is 12.2. The van der Waals surface area contributed by atoms with Crippen LogP contribution in [0.4, 0.5) is 0 Å². The summed E-state index contributed by atoms with van der Waals surface area (Å²) in [6.07, 6.45) is 4.37. The van der Waals surface area contributed by atoms with Crippen LogP contribution in [0.15, 0.2) is 36.7 Å². The molecule has 116 valence electrons. The zero-order valence-corrected chi connectivity index (χ0v) is 12.8. The van der Waals surface area contributed by atoms with E-state index in [1.165, 1.54) is 6.92 Å². The predicted octanol–water partition coefficient (Wildman–Crippen LogP) is 1.65. The number of carbonyl (C=O) groups excluding carboxylic acids is 2. The lowest BCUT2D eigenvalue weighted by atomic mass is 10.1. The molecule has 0 aliphatic heterocycles. The minimum Gasteiger partial charge on any atom is -0.352 e. The van der Waals surface area contributed by atoms with E-state index in [4.69, 9.17) is 0 Å². The summed E-state index contributed by atoms with van der Waals surface area (Å²) in [6.45, 7) is 4.53. The first kappa shape index (κ1) is 15.8. The molecular formula is C16H20N4O2. The number of benzene rings is 1. The Bertz CT molecular complexity index is 664. The third-order valence-corrected chi connectivity index (χ3v) is 3.11. The summed E-state index contributed by atoms with van der Waals surface area (Å²) in [6, 6.07) is 7.30. The smallest absolute Gasteiger partial charge is 0.253 e. The Morgan fingerprint density at radius 3 is 2.73 bits per heavy atom. The maximum Gasteiger partial charge on any atom is 0.253 e. The Morgan fingerprint density at radius 1 is 1.23 bits per heavy atom. The largest absolute Gasteiger partial charge is 0.352 e. The molecule has 0 saturated heterocycles. The van der Waals surface area contributed by atoms with E-state index in [0.717, 1.165) is 12.0 Å². The van der Waals surface area contributed by atoms with Crippen LogP contribution < -0.4 is 10.6 Å². The molecule has 6 nitrogen and oxygen atoms in total. The van der Waals surface area contributed by atoms with Crippen LogP contribution >= 0.6 is 0 Å². The molecule has 22 heavy (non-hydrogen) atoms. The zero-order valence-electron chi connectivity index (χ0n) is 12.8. The molecule has 1 aromatic heterocycles. The molecular weight excluding hydrogens is 280 g/mol. The lowest BCUT2D eigenvalue weighted by Crippen LogP contribution is -2.25. The molecule has 2 amide bonds. The van der Waals surface area contributed by atoms with Gasteiger partial charge in [0.15, 0.2) is 0 Å². The number of carbonyl (C=O) groups is 2. The van der Waals surface area contributed by atoms with Crippen LogP contribution in [0, 0.1) is 0 Å². The summed E-state index contributed by atoms with van der Waals surface area (Å²) in [5.41, 5.74) is 2.16. The van der Waals surface area contributed by atoms with Crippen molar-refractivity contribution in [1.29, 1.82) is 0 Å². The van der Waals surface area contributed by atoms with Gasteiger partial charge < -0.3 is 10.6 Å². The van der Waals surface area contributed by atoms with Crippen molar-refractivity contribution < 1.29 is 9.59 Å². The van der Waals surface area contributed by atoms with E-state index in [-0.39, 0.29) is 11.8 Å². The molecule has 0 saturated carbocycles. The second-order valence-electron chi connectivity index (χ2n) is 4.98. The summed E-state index contributed by atoms with van der Waals surface area (Å²) in [4.78, 5) is 23.2. The molecule has 0 spiro atoms. The van der Waals surface area contributed by atoms with E-state index < -0.39 is 0 Å². The second-order valence-corrected chi connectivity index (χ2v) is 4.98. The second kappa shape index (κ2) is 7.40. The van der Waals surface area contributed by atoms with E-state index in [0.29, 0.717) is 24.3 Å². The van der Waals surface area contributed by atoms with Crippen molar-refractivity contribution >= 4 is 11.8 Å². The van der Waals surface area contributed by atoms with Crippen molar-refractivity contribution in [2.45, 2.75) is 26.8 Å². The molecule has 2 N–H and O–H groups in total. The predicted molar refractivity (Wildman–Crippen MR) is 83.7 cm³/mol. The van der Waals surface area contributed by atoms with Crippen molar-refractivity contribution in [1.82, 2.24) is 20.4 Å². The first-order valence-electron chi connectivity index (χ1n) is 7.27. The quantitative estimate of drug-likeness (QED) is 0.851. The highest BCUT2D eigenvalue weighted by molar-refractivity contribution is 5.97. The molecule has 2 rings (SSSR count). The molecule has 0 fully saturated rings. The monoisotopic (exact) mass is 300 g/mol. The number of aromatic nitrogens is 2. The molecule has 1 aromatic carbocycles. The molecule has 0 aliphatic rings. The van der Waals surface area contributed by atoms with Gasteiger partial charge in [0.1, 0.15) is 0 Å². The van der Waals surface area contributed by atoms with Crippen molar-refractivity contribution in [3.8, 4) is 5.69 Å². The van der Waals surface area contributed by atoms with Crippen LogP contribution in [0.3, 0.4) is 0 Å². The molecule has 0 unspecified atom stereocenters. The minimum absolute atomic E-state index is 0.0907. The number of para-hydroxylation sites is 1. The van der Waals surface area contributed by atoms with Gasteiger partial charge in [-0.3, -0.25) is 9.59 Å². The van der Waals surface area contributed by atoms with Gasteiger partial charge in [0.25, 0.3) is 5.91 Å². The summed E-state index contributed by atoms with van der Waals surface area (Å²) in [5.74, 6) is -0.205. The fourth-order valence-electron chi connectivity index (χ4n) is 2.01. The van der Waals surface area contributed by atoms with Crippen molar-refractivity contribution in [2.75, 3.05) is 6.54 Å². The highest BCUT2D eigenvalue weighted by atomic mass is 16.2. The van der Waals surface area contributed by atoms with E-state index >= 15 is 0 Å². The number of hydrogen-bond acceptors (Lipinski definition) is 3. The highest BCUT2D eigenvalue weighted by Gasteiger charge is 2.12. The Labute approximate surface area is 129 Å². The van der Waals surface area contributed by atoms with Crippen LogP contribution in [0.5, 0.6) is 0 Å². The van der Waals surface area contributed by atoms with Gasteiger partial charge >= 0.3 is 0 Å². The molecule has 1 heterocycles. The van der Waals surface area contributed by atoms with Gasteiger partial charge in [-0.15, -0.1) is 0 Å². The van der Waals surface area contributed by atoms with Gasteiger partial charge in [-0.2, -0.15) is 5.10 Å². The average molecular weight is 300 g/mol. The van der Waals surface area contributed by atoms with E-state index in [9.17, 15) is 9.59 Å². The van der Waals surface area contributed by atoms with Crippen LogP contribution in [0.1, 0.15) is 36.2 Å². The summed E-state index contributed by atoms with van der Waals surface area (Å²) >= 11 is 0. The Hall–Kier alpha value is -2.63. The lowest BCUT2D eigenvalue weighted by molar-refractivity contribution is -0.119. The number of nitrogens with one attached hydrogen (secondary N) is 2. The number of rotatable bonds is 6. The topological polar surface area (TPSA) is 76.0 Å². The standard InChI is InChI=1S/C16H20N4O2/c1-3-8-17-16(22)14-6-4-5-7-15(14)20-11-13(10-19-20)9-18-12(2)21/h4-7,10-11H,3,8-9H2,1-2H3,(H,17,22)(H,18,21). The van der Waals surface area contributed by atoms with E-state index in [2.05, 4.69) is 15.7 Å². The third-order valence-electron chi connectivity index (χ3n) is 3.11. The molecule has 2 aromatic rings. The first-order chi connectivity index (χ1) is 10.6. The van der Waals surface area contributed by atoms with Gasteiger partial charge in [0, 0.05) is 31.8 Å². The normalized spacial score (nSPS) is 10.3. The molecule has 0 radical (unpaired) electrons. The Morgan fingerprint density at radius 2 is 2.00 bits per heavy atom. The van der Waals surface area contributed by atoms with E-state index in [1.54, 1.807) is 16.9 Å². The van der Waals surface area contributed by atoms with Crippen molar-refractivity contribution in [3.63, 3.8) is 0 Å². The minimum atomic E-state index is -0.114. The van der Waals surface area contributed by atoms with Gasteiger partial charge in [-0.05, 0) is 18.6 Å². The average Bonchev–Trinajstić information content (AvgIpc) is 2.99. The lowest BCUT2D eigenvalue weighted by Gasteiger charge is -2.09. The summed E-state index contributed by atoms with van der Waals surface area (Å²) in [7, 11) is 0. The SMILES string of the molecule is CCCNC(=O)c1ccccc1-n1cc(CNC(C)=O)cn1. The van der Waals surface area contributed by atoms with Crippen LogP contribution in [-0.2, 0) is 11.3 Å². The number of nitrogens with zero attached hydrogens (tertiary/aromatic N) is 2. The van der Waals surface area contributed by atoms with Gasteiger partial charge in [0.05, 0.1) is 17.4 Å². The first-order valence-corrected chi connectivity index (χ1v) is 7.27. The molecule has 0 bridgehead atoms. The fraction of sp³-hybridized carbons (Fsp3) is 0.312. The summed E-state index contributed by atoms with van der Waals surface area (Å²) < 4.78 is 1.65. The fourth-order valence-corrected chi connectivity index (χ4v) is 2.01. The number of hydrogen-bond donors (Lipinski definition) is 2. The van der Waals surface area contributed by atoms with Crippen LogP contribution in [-0.4, -0.2) is 28.1 Å². The van der Waals surface area contributed by atoms with Crippen molar-refractivity contribution in [2.24, 2.45) is 0 Å². The van der Waals surface area contributed by atoms with Gasteiger partial charge in [-0.25, -0.2) is 4.68 Å². The summed E-state index contributed by atoms with van der Waals surface area (Å²) in [5, 5.41) is 9.86. The van der Waals surface area contributed by atoms with E-state index in [1.807, 2.05) is 31.3 Å². The Balaban J connectivity index is 2.21. The molecule has 6 heteroatoms. The third kappa shape index (κ3) is 3.94. The highest BCUT2D eigenvalue weighted by Crippen LogP contribution is 2.14. The zero-order chi connectivity index (χ0) is 15.9. The van der Waals surface area contributed by atoms with Crippen molar-refractivity contribution in [3.05, 3.63) is 47.8 Å². The van der Waals surface area contributed by atoms with Crippen LogP contribution in [0.2, 0.25) is 0 Å². The van der Waals surface area contributed by atoms with Gasteiger partial charge in [-0.1, -0.05) is 19.1 Å². The number of amides is 2. The maximum atomic E-state index is 12.2.